The molecule has 0 unspecified atom stereocenters. The summed E-state index contributed by atoms with van der Waals surface area (Å²) >= 11 is 1.77. The number of amides is 3. The summed E-state index contributed by atoms with van der Waals surface area (Å²) in [5, 5.41) is 13.5. The number of benzene rings is 3. The van der Waals surface area contributed by atoms with E-state index in [1.807, 2.05) is 113 Å². The molecule has 0 spiro atoms. The van der Waals surface area contributed by atoms with Gasteiger partial charge < -0.3 is 26.0 Å². The third-order valence-corrected chi connectivity index (χ3v) is 13.0. The van der Waals surface area contributed by atoms with Crippen LogP contribution in [0.2, 0.25) is 0 Å². The monoisotopic (exact) mass is 950 g/mol. The molecule has 3 aromatic heterocycles. The zero-order valence-electron chi connectivity index (χ0n) is 41.2. The van der Waals surface area contributed by atoms with Crippen LogP contribution in [0.3, 0.4) is 0 Å². The van der Waals surface area contributed by atoms with E-state index in [1.165, 1.54) is 0 Å². The number of para-hydroxylation sites is 1. The zero-order valence-corrected chi connectivity index (χ0v) is 42.0. The molecule has 0 aliphatic carbocycles. The second-order valence-electron chi connectivity index (χ2n) is 19.9. The summed E-state index contributed by atoms with van der Waals surface area (Å²) in [6.45, 7) is 21.9. The molecule has 0 saturated carbocycles. The maximum Gasteiger partial charge on any atom is 0.255 e. The van der Waals surface area contributed by atoms with E-state index in [-0.39, 0.29) is 22.5 Å². The van der Waals surface area contributed by atoms with Gasteiger partial charge in [0.25, 0.3) is 11.8 Å². The van der Waals surface area contributed by atoms with Crippen molar-refractivity contribution in [1.82, 2.24) is 40.4 Å². The summed E-state index contributed by atoms with van der Waals surface area (Å²) in [6, 6.07) is 27.1. The SMILES string of the molecule is Cc1ccc(NC(=O)c2ccc(CN3CCN(CC(=O)NC(C)(C)CCOC(C)(C)CCNC(=O)c4cnc5c(SC(C)(C)C)cccc5c4)CC3)cc2)cc1Nc1nccc(-c2cccnc2)n1. The average Bonchev–Trinajstić information content (AvgIpc) is 3.30. The maximum atomic E-state index is 13.3. The molecule has 0 atom stereocenters. The lowest BCUT2D eigenvalue weighted by atomic mass is 10.0. The first kappa shape index (κ1) is 50.6. The Balaban J connectivity index is 0.785. The second kappa shape index (κ2) is 22.4. The van der Waals surface area contributed by atoms with E-state index in [4.69, 9.17) is 4.74 Å². The number of carbonyl (C=O) groups excluding carboxylic acids is 3. The second-order valence-corrected chi connectivity index (χ2v) is 21.8. The first-order valence-corrected chi connectivity index (χ1v) is 24.5. The summed E-state index contributed by atoms with van der Waals surface area (Å²) in [5.74, 6) is 0.0851. The maximum absolute atomic E-state index is 13.3. The van der Waals surface area contributed by atoms with Gasteiger partial charge in [0.1, 0.15) is 0 Å². The van der Waals surface area contributed by atoms with Gasteiger partial charge in [0, 0.05) is 114 Å². The number of rotatable bonds is 19. The number of fused-ring (bicyclic) bond motifs is 1. The fraction of sp³-hybridized carbons (Fsp3) is 0.389. The van der Waals surface area contributed by atoms with Crippen LogP contribution in [0.25, 0.3) is 22.2 Å². The van der Waals surface area contributed by atoms with Crippen LogP contribution in [0, 0.1) is 6.92 Å². The molecule has 1 aliphatic heterocycles. The summed E-state index contributed by atoms with van der Waals surface area (Å²) in [6.07, 6.45) is 8.11. The van der Waals surface area contributed by atoms with Gasteiger partial charge in [-0.1, -0.05) is 51.1 Å². The van der Waals surface area contributed by atoms with Gasteiger partial charge in [0.2, 0.25) is 11.9 Å². The minimum atomic E-state index is -0.469. The average molecular weight is 951 g/mol. The van der Waals surface area contributed by atoms with Gasteiger partial charge >= 0.3 is 0 Å². The van der Waals surface area contributed by atoms with Crippen LogP contribution in [-0.4, -0.2) is 109 Å². The molecule has 1 fully saturated rings. The number of anilines is 3. The van der Waals surface area contributed by atoms with Crippen molar-refractivity contribution in [2.24, 2.45) is 0 Å². The standard InChI is InChI=1S/C54H66N10O4S/c1-37-14-19-43(32-45(37)61-51-57-24-20-44(60-51)41-12-10-23-55-33-41)59-50(67)39-17-15-38(16-18-39)35-63-26-28-64(29-27-63)36-47(65)62-53(5,6)22-30-68-54(7,8)21-25-56-49(66)42-31-40-11-9-13-46(48(40)58-34-42)69-52(2,3)4/h9-20,23-24,31-34H,21-22,25-30,35-36H2,1-8H3,(H,56,66)(H,59,67)(H,62,65)(H,57,60,61). The Bertz CT molecular complexity index is 2720. The molecular formula is C54H66N10O4S. The lowest BCUT2D eigenvalue weighted by Crippen LogP contribution is -2.52. The van der Waals surface area contributed by atoms with Gasteiger partial charge in [-0.25, -0.2) is 9.97 Å². The highest BCUT2D eigenvalue weighted by atomic mass is 32.2. The van der Waals surface area contributed by atoms with E-state index >= 15 is 0 Å². The van der Waals surface area contributed by atoms with E-state index in [0.29, 0.717) is 55.3 Å². The Morgan fingerprint density at radius 1 is 0.768 bits per heavy atom. The minimum Gasteiger partial charge on any atom is -0.375 e. The Morgan fingerprint density at radius 3 is 2.28 bits per heavy atom. The van der Waals surface area contributed by atoms with Crippen LogP contribution in [0.1, 0.15) is 93.2 Å². The summed E-state index contributed by atoms with van der Waals surface area (Å²) in [5.41, 5.74) is 6.27. The topological polar surface area (TPSA) is 167 Å². The van der Waals surface area contributed by atoms with Gasteiger partial charge in [-0.3, -0.25) is 34.2 Å². The predicted molar refractivity (Wildman–Crippen MR) is 277 cm³/mol. The summed E-state index contributed by atoms with van der Waals surface area (Å²) in [7, 11) is 0. The molecule has 4 heterocycles. The number of pyridine rings is 2. The van der Waals surface area contributed by atoms with E-state index in [1.54, 1.807) is 36.5 Å². The number of hydrogen-bond acceptors (Lipinski definition) is 12. The third-order valence-electron chi connectivity index (χ3n) is 11.9. The first-order chi connectivity index (χ1) is 32.9. The van der Waals surface area contributed by atoms with Crippen molar-refractivity contribution < 1.29 is 19.1 Å². The Hall–Kier alpha value is -6.26. The molecule has 3 amide bonds. The predicted octanol–water partition coefficient (Wildman–Crippen LogP) is 9.30. The molecular weight excluding hydrogens is 885 g/mol. The van der Waals surface area contributed by atoms with Crippen molar-refractivity contribution in [2.45, 2.75) is 95.6 Å². The van der Waals surface area contributed by atoms with Crippen molar-refractivity contribution in [1.29, 1.82) is 0 Å². The van der Waals surface area contributed by atoms with Crippen LogP contribution < -0.4 is 21.3 Å². The quantitative estimate of drug-likeness (QED) is 0.0570. The highest BCUT2D eigenvalue weighted by Gasteiger charge is 2.26. The van der Waals surface area contributed by atoms with Gasteiger partial charge in [0.15, 0.2) is 0 Å². The van der Waals surface area contributed by atoms with Crippen molar-refractivity contribution >= 4 is 57.7 Å². The van der Waals surface area contributed by atoms with Gasteiger partial charge in [-0.15, -0.1) is 11.8 Å². The molecule has 14 nitrogen and oxygen atoms in total. The number of piperazine rings is 1. The Morgan fingerprint density at radius 2 is 1.54 bits per heavy atom. The zero-order chi connectivity index (χ0) is 49.2. The molecule has 6 aromatic rings. The molecule has 0 bridgehead atoms. The number of nitrogens with one attached hydrogen (secondary N) is 4. The van der Waals surface area contributed by atoms with Crippen LogP contribution in [0.4, 0.5) is 17.3 Å². The van der Waals surface area contributed by atoms with Crippen LogP contribution >= 0.6 is 11.8 Å². The third kappa shape index (κ3) is 15.1. The van der Waals surface area contributed by atoms with E-state index in [9.17, 15) is 14.4 Å². The van der Waals surface area contributed by atoms with Crippen molar-refractivity contribution in [3.63, 3.8) is 0 Å². The largest absolute Gasteiger partial charge is 0.375 e. The van der Waals surface area contributed by atoms with Crippen LogP contribution in [0.5, 0.6) is 0 Å². The van der Waals surface area contributed by atoms with Gasteiger partial charge in [0.05, 0.1) is 28.9 Å². The number of thioether (sulfide) groups is 1. The number of aromatic nitrogens is 4. The molecule has 69 heavy (non-hydrogen) atoms. The Kier molecular flexibility index (Phi) is 16.5. The van der Waals surface area contributed by atoms with E-state index < -0.39 is 11.1 Å². The minimum absolute atomic E-state index is 0.00429. The van der Waals surface area contributed by atoms with E-state index in [2.05, 4.69) is 77.8 Å². The molecule has 3 aromatic carbocycles. The van der Waals surface area contributed by atoms with Gasteiger partial charge in [-0.05, 0) is 113 Å². The molecule has 362 valence electrons. The van der Waals surface area contributed by atoms with Gasteiger partial charge in [-0.2, -0.15) is 0 Å². The Labute approximate surface area is 410 Å². The lowest BCUT2D eigenvalue weighted by Gasteiger charge is -2.35. The van der Waals surface area contributed by atoms with E-state index in [0.717, 1.165) is 76.6 Å². The highest BCUT2D eigenvalue weighted by molar-refractivity contribution is 8.00. The lowest BCUT2D eigenvalue weighted by molar-refractivity contribution is -0.124. The normalized spacial score (nSPS) is 13.8. The molecule has 1 saturated heterocycles. The molecule has 1 aliphatic rings. The number of ether oxygens (including phenoxy) is 1. The highest BCUT2D eigenvalue weighted by Crippen LogP contribution is 2.36. The van der Waals surface area contributed by atoms with Crippen molar-refractivity contribution in [3.05, 3.63) is 132 Å². The molecule has 0 radical (unpaired) electrons. The van der Waals surface area contributed by atoms with Crippen LogP contribution in [-0.2, 0) is 16.1 Å². The molecule has 4 N–H and O–H groups in total. The summed E-state index contributed by atoms with van der Waals surface area (Å²) < 4.78 is 6.33. The number of nitrogens with zero attached hydrogens (tertiary/aromatic N) is 6. The van der Waals surface area contributed by atoms with Crippen molar-refractivity contribution in [2.75, 3.05) is 56.5 Å². The number of carbonyl (C=O) groups is 3. The number of aryl methyl sites for hydroxylation is 1. The molecule has 7 rings (SSSR count). The fourth-order valence-electron chi connectivity index (χ4n) is 7.96. The number of hydrogen-bond donors (Lipinski definition) is 4. The van der Waals surface area contributed by atoms with Crippen LogP contribution in [0.15, 0.2) is 115 Å². The first-order valence-electron chi connectivity index (χ1n) is 23.6. The van der Waals surface area contributed by atoms with Crippen molar-refractivity contribution in [3.8, 4) is 11.3 Å². The summed E-state index contributed by atoms with van der Waals surface area (Å²) in [4.78, 5) is 63.1. The molecule has 15 heteroatoms. The smallest absolute Gasteiger partial charge is 0.255 e. The fourth-order valence-corrected chi connectivity index (χ4v) is 9.04.